The second-order valence-electron chi connectivity index (χ2n) is 5.63. The van der Waals surface area contributed by atoms with Gasteiger partial charge in [0.1, 0.15) is 11.5 Å². The quantitative estimate of drug-likeness (QED) is 0.578. The number of rotatable bonds is 3. The van der Waals surface area contributed by atoms with Gasteiger partial charge in [-0.25, -0.2) is 4.39 Å². The van der Waals surface area contributed by atoms with Gasteiger partial charge in [0.15, 0.2) is 0 Å². The molecule has 0 radical (unpaired) electrons. The summed E-state index contributed by atoms with van der Waals surface area (Å²) in [6.07, 6.45) is 0. The van der Waals surface area contributed by atoms with Gasteiger partial charge in [-0.2, -0.15) is 4.80 Å². The van der Waals surface area contributed by atoms with Crippen molar-refractivity contribution in [2.45, 2.75) is 6.54 Å². The molecule has 9 heteroatoms. The van der Waals surface area contributed by atoms with Crippen LogP contribution in [-0.4, -0.2) is 24.8 Å². The number of aryl methyl sites for hydroxylation is 1. The van der Waals surface area contributed by atoms with E-state index in [1.807, 2.05) is 28.8 Å². The Morgan fingerprint density at radius 1 is 1.15 bits per heavy atom. The first-order chi connectivity index (χ1) is 12.1. The van der Waals surface area contributed by atoms with E-state index in [2.05, 4.69) is 15.4 Å². The van der Waals surface area contributed by atoms with Crippen molar-refractivity contribution < 1.29 is 4.39 Å². The van der Waals surface area contributed by atoms with Crippen LogP contribution in [0.2, 0.25) is 5.02 Å². The van der Waals surface area contributed by atoms with Crippen LogP contribution < -0.4 is 5.73 Å². The van der Waals surface area contributed by atoms with E-state index in [4.69, 9.17) is 17.3 Å². The van der Waals surface area contributed by atoms with Crippen LogP contribution >= 0.6 is 24.0 Å². The molecule has 26 heavy (non-hydrogen) atoms. The lowest BCUT2D eigenvalue weighted by Crippen LogP contribution is -2.00. The molecule has 2 aromatic carbocycles. The van der Waals surface area contributed by atoms with Gasteiger partial charge in [-0.05, 0) is 41.1 Å². The summed E-state index contributed by atoms with van der Waals surface area (Å²) in [7, 11) is 1.67. The maximum absolute atomic E-state index is 13.7. The Labute approximate surface area is 159 Å². The third kappa shape index (κ3) is 2.94. The monoisotopic (exact) mass is 392 g/mol. The number of halogens is 3. The van der Waals surface area contributed by atoms with Crippen LogP contribution in [0.1, 0.15) is 5.56 Å². The number of hydrogen-bond acceptors (Lipinski definition) is 4. The molecule has 0 saturated carbocycles. The van der Waals surface area contributed by atoms with Crippen molar-refractivity contribution in [1.82, 2.24) is 24.8 Å². The topological polar surface area (TPSA) is 74.5 Å². The fraction of sp³-hybridized carbons (Fsp3) is 0.118. The van der Waals surface area contributed by atoms with Crippen LogP contribution in [0.3, 0.4) is 0 Å². The third-order valence-corrected chi connectivity index (χ3v) is 4.40. The summed E-state index contributed by atoms with van der Waals surface area (Å²) in [6, 6.07) is 12.2. The minimum absolute atomic E-state index is 0. The Morgan fingerprint density at radius 3 is 2.50 bits per heavy atom. The number of nitrogens with two attached hydrogens (primary N) is 1. The highest BCUT2D eigenvalue weighted by atomic mass is 35.5. The highest BCUT2D eigenvalue weighted by molar-refractivity contribution is 6.38. The molecule has 2 aromatic heterocycles. The molecule has 0 aliphatic carbocycles. The average Bonchev–Trinajstić information content (AvgIpc) is 3.16. The molecule has 2 heterocycles. The highest BCUT2D eigenvalue weighted by Gasteiger charge is 2.22. The highest BCUT2D eigenvalue weighted by Crippen LogP contribution is 2.38. The molecule has 4 aromatic rings. The molecular weight excluding hydrogens is 378 g/mol. The largest absolute Gasteiger partial charge is 0.326 e. The molecule has 0 atom stereocenters. The fourth-order valence-corrected chi connectivity index (χ4v) is 3.17. The predicted octanol–water partition coefficient (Wildman–Crippen LogP) is 3.49. The summed E-state index contributed by atoms with van der Waals surface area (Å²) >= 11 is 6.56. The first-order valence-corrected chi connectivity index (χ1v) is 7.99. The second kappa shape index (κ2) is 7.03. The van der Waals surface area contributed by atoms with Gasteiger partial charge in [-0.3, -0.25) is 0 Å². The Kier molecular flexibility index (Phi) is 4.95. The fourth-order valence-electron chi connectivity index (χ4n) is 2.85. The van der Waals surface area contributed by atoms with E-state index in [1.54, 1.807) is 13.1 Å². The molecular formula is C17H15Cl2FN6. The number of fused-ring (bicyclic) bond motifs is 1. The number of aromatic nitrogens is 5. The van der Waals surface area contributed by atoms with E-state index in [-0.39, 0.29) is 18.2 Å². The van der Waals surface area contributed by atoms with Gasteiger partial charge < -0.3 is 10.3 Å². The SMILES string of the molecule is Cl.Cn1nnc(-c2c(Cl)c3cc(F)ccc3n2-c2ccc(CN)cc2)n1. The molecule has 0 fully saturated rings. The maximum atomic E-state index is 13.7. The summed E-state index contributed by atoms with van der Waals surface area (Å²) in [5.74, 6) is 0.00990. The van der Waals surface area contributed by atoms with Crippen LogP contribution in [-0.2, 0) is 13.6 Å². The Balaban J connectivity index is 0.00000196. The molecule has 134 valence electrons. The molecule has 0 aliphatic rings. The van der Waals surface area contributed by atoms with E-state index in [9.17, 15) is 4.39 Å². The van der Waals surface area contributed by atoms with Crippen molar-refractivity contribution >= 4 is 34.9 Å². The van der Waals surface area contributed by atoms with Crippen molar-refractivity contribution in [2.75, 3.05) is 0 Å². The van der Waals surface area contributed by atoms with E-state index in [0.29, 0.717) is 28.5 Å². The van der Waals surface area contributed by atoms with E-state index in [0.717, 1.165) is 16.8 Å². The van der Waals surface area contributed by atoms with Crippen LogP contribution in [0.25, 0.3) is 28.1 Å². The zero-order chi connectivity index (χ0) is 17.6. The number of benzene rings is 2. The molecule has 0 saturated heterocycles. The molecule has 0 unspecified atom stereocenters. The van der Waals surface area contributed by atoms with Gasteiger partial charge in [0.25, 0.3) is 0 Å². The first kappa shape index (κ1) is 18.3. The lowest BCUT2D eigenvalue weighted by atomic mass is 10.2. The van der Waals surface area contributed by atoms with Gasteiger partial charge in [0.2, 0.25) is 5.82 Å². The Bertz CT molecular complexity index is 1070. The summed E-state index contributed by atoms with van der Waals surface area (Å²) in [5.41, 5.74) is 8.86. The molecule has 0 amide bonds. The number of nitrogens with zero attached hydrogens (tertiary/aromatic N) is 5. The number of tetrazole rings is 1. The standard InChI is InChI=1S/C17H14ClFN6.ClH/c1-24-22-17(21-23-24)16-15(18)13-8-11(19)4-7-14(13)25(16)12-5-2-10(9-20)3-6-12;/h2-8H,9,20H2,1H3;1H. The van der Waals surface area contributed by atoms with Crippen molar-refractivity contribution in [3.8, 4) is 17.2 Å². The molecule has 0 bridgehead atoms. The summed E-state index contributed by atoms with van der Waals surface area (Å²) in [4.78, 5) is 1.35. The van der Waals surface area contributed by atoms with Crippen LogP contribution in [0.5, 0.6) is 0 Å². The zero-order valence-corrected chi connectivity index (χ0v) is 15.3. The van der Waals surface area contributed by atoms with Crippen molar-refractivity contribution in [1.29, 1.82) is 0 Å². The number of hydrogen-bond donors (Lipinski definition) is 1. The third-order valence-electron chi connectivity index (χ3n) is 4.02. The lowest BCUT2D eigenvalue weighted by Gasteiger charge is -2.10. The van der Waals surface area contributed by atoms with Crippen LogP contribution in [0.4, 0.5) is 4.39 Å². The minimum atomic E-state index is -0.358. The van der Waals surface area contributed by atoms with E-state index >= 15 is 0 Å². The first-order valence-electron chi connectivity index (χ1n) is 7.61. The normalized spacial score (nSPS) is 10.9. The summed E-state index contributed by atoms with van der Waals surface area (Å²) < 4.78 is 15.6. The minimum Gasteiger partial charge on any atom is -0.326 e. The van der Waals surface area contributed by atoms with Gasteiger partial charge in [-0.1, -0.05) is 23.7 Å². The molecule has 2 N–H and O–H groups in total. The van der Waals surface area contributed by atoms with Gasteiger partial charge in [-0.15, -0.1) is 22.6 Å². The Morgan fingerprint density at radius 2 is 1.88 bits per heavy atom. The molecule has 0 aliphatic heterocycles. The molecule has 0 spiro atoms. The van der Waals surface area contributed by atoms with Crippen LogP contribution in [0, 0.1) is 5.82 Å². The van der Waals surface area contributed by atoms with Crippen molar-refractivity contribution in [3.63, 3.8) is 0 Å². The van der Waals surface area contributed by atoms with Crippen molar-refractivity contribution in [3.05, 3.63) is 58.9 Å². The average molecular weight is 393 g/mol. The molecule has 6 nitrogen and oxygen atoms in total. The predicted molar refractivity (Wildman–Crippen MR) is 101 cm³/mol. The zero-order valence-electron chi connectivity index (χ0n) is 13.7. The van der Waals surface area contributed by atoms with Crippen LogP contribution in [0.15, 0.2) is 42.5 Å². The molecule has 4 rings (SSSR count). The van der Waals surface area contributed by atoms with E-state index < -0.39 is 0 Å². The van der Waals surface area contributed by atoms with Gasteiger partial charge in [0, 0.05) is 17.6 Å². The second-order valence-corrected chi connectivity index (χ2v) is 6.01. The van der Waals surface area contributed by atoms with Gasteiger partial charge >= 0.3 is 0 Å². The summed E-state index contributed by atoms with van der Waals surface area (Å²) in [6.45, 7) is 0.456. The van der Waals surface area contributed by atoms with Gasteiger partial charge in [0.05, 0.1) is 17.6 Å². The summed E-state index contributed by atoms with van der Waals surface area (Å²) in [5, 5.41) is 13.2. The van der Waals surface area contributed by atoms with E-state index in [1.165, 1.54) is 16.9 Å². The maximum Gasteiger partial charge on any atom is 0.223 e. The smallest absolute Gasteiger partial charge is 0.223 e. The lowest BCUT2D eigenvalue weighted by molar-refractivity contribution is 0.629. The Hall–Kier alpha value is -2.48. The van der Waals surface area contributed by atoms with Crippen molar-refractivity contribution in [2.24, 2.45) is 12.8 Å².